The van der Waals surface area contributed by atoms with E-state index in [1.165, 1.54) is 18.2 Å². The normalized spacial score (nSPS) is 11.4. The average Bonchev–Trinajstić information content (AvgIpc) is 2.36. The molecule has 0 amide bonds. The topological polar surface area (TPSA) is 46.2 Å². The van der Waals surface area contributed by atoms with Gasteiger partial charge >= 0.3 is 0 Å². The summed E-state index contributed by atoms with van der Waals surface area (Å²) < 4.78 is 41.4. The highest BCUT2D eigenvalue weighted by Gasteiger charge is 2.18. The van der Waals surface area contributed by atoms with Crippen LogP contribution < -0.4 is 4.72 Å². The number of hydrogen-bond acceptors (Lipinski definition) is 2. The summed E-state index contributed by atoms with van der Waals surface area (Å²) >= 11 is 6.41. The molecule has 3 nitrogen and oxygen atoms in total. The molecule has 20 heavy (non-hydrogen) atoms. The van der Waals surface area contributed by atoms with Gasteiger partial charge in [0.1, 0.15) is 10.7 Å². The van der Waals surface area contributed by atoms with Crippen LogP contribution in [0.2, 0.25) is 0 Å². The predicted molar refractivity (Wildman–Crippen MR) is 83.8 cm³/mol. The third-order valence-electron chi connectivity index (χ3n) is 2.61. The Morgan fingerprint density at radius 1 is 1.10 bits per heavy atom. The maximum Gasteiger partial charge on any atom is 0.263 e. The van der Waals surface area contributed by atoms with Gasteiger partial charge in [0.05, 0.1) is 5.69 Å². The molecular formula is C13H10Br2FNO2S. The Bertz CT molecular complexity index is 763. The molecular weight excluding hydrogens is 413 g/mol. The molecule has 0 heterocycles. The Morgan fingerprint density at radius 3 is 2.45 bits per heavy atom. The van der Waals surface area contributed by atoms with Gasteiger partial charge in [-0.3, -0.25) is 4.72 Å². The van der Waals surface area contributed by atoms with E-state index in [9.17, 15) is 12.8 Å². The first-order chi connectivity index (χ1) is 9.29. The molecule has 0 saturated heterocycles. The molecule has 0 atom stereocenters. The first-order valence-electron chi connectivity index (χ1n) is 5.53. The second-order valence-corrected chi connectivity index (χ2v) is 7.57. The first kappa shape index (κ1) is 15.5. The van der Waals surface area contributed by atoms with E-state index in [1.807, 2.05) is 0 Å². The minimum atomic E-state index is -3.79. The van der Waals surface area contributed by atoms with Crippen molar-refractivity contribution in [2.24, 2.45) is 0 Å². The van der Waals surface area contributed by atoms with E-state index in [0.717, 1.165) is 6.07 Å². The van der Waals surface area contributed by atoms with Gasteiger partial charge in [-0.2, -0.15) is 0 Å². The third kappa shape index (κ3) is 3.39. The van der Waals surface area contributed by atoms with Gasteiger partial charge in [0.25, 0.3) is 10.0 Å². The van der Waals surface area contributed by atoms with Crippen LogP contribution in [-0.2, 0) is 10.0 Å². The maximum atomic E-state index is 13.4. The fourth-order valence-corrected chi connectivity index (χ4v) is 4.10. The lowest BCUT2D eigenvalue weighted by Crippen LogP contribution is -2.13. The molecule has 7 heteroatoms. The summed E-state index contributed by atoms with van der Waals surface area (Å²) in [6.45, 7) is 1.61. The monoisotopic (exact) mass is 421 g/mol. The van der Waals surface area contributed by atoms with E-state index in [0.29, 0.717) is 14.5 Å². The predicted octanol–water partition coefficient (Wildman–Crippen LogP) is 4.46. The van der Waals surface area contributed by atoms with Crippen LogP contribution in [0.25, 0.3) is 0 Å². The van der Waals surface area contributed by atoms with Crippen LogP contribution in [0.15, 0.2) is 50.2 Å². The molecule has 1 N–H and O–H groups in total. The molecule has 0 aliphatic heterocycles. The van der Waals surface area contributed by atoms with Crippen molar-refractivity contribution in [2.75, 3.05) is 4.72 Å². The van der Waals surface area contributed by atoms with Crippen LogP contribution in [0.1, 0.15) is 5.56 Å². The van der Waals surface area contributed by atoms with Crippen LogP contribution in [0.5, 0.6) is 0 Å². The van der Waals surface area contributed by atoms with Gasteiger partial charge < -0.3 is 0 Å². The summed E-state index contributed by atoms with van der Waals surface area (Å²) in [5.74, 6) is -0.460. The van der Waals surface area contributed by atoms with Gasteiger partial charge in [-0.05, 0) is 58.7 Å². The van der Waals surface area contributed by atoms with Crippen molar-refractivity contribution in [1.29, 1.82) is 0 Å². The molecule has 0 aliphatic carbocycles. The summed E-state index contributed by atoms with van der Waals surface area (Å²) in [6.07, 6.45) is 0. The lowest BCUT2D eigenvalue weighted by atomic mass is 10.2. The minimum Gasteiger partial charge on any atom is -0.279 e. The van der Waals surface area contributed by atoms with Crippen molar-refractivity contribution in [1.82, 2.24) is 0 Å². The van der Waals surface area contributed by atoms with Gasteiger partial charge in [0, 0.05) is 8.95 Å². The summed E-state index contributed by atoms with van der Waals surface area (Å²) in [5, 5.41) is 0. The van der Waals surface area contributed by atoms with E-state index in [1.54, 1.807) is 19.1 Å². The Hall–Kier alpha value is -0.920. The number of hydrogen-bond donors (Lipinski definition) is 1. The summed E-state index contributed by atoms with van der Waals surface area (Å²) in [6, 6.07) is 8.99. The molecule has 0 radical (unpaired) electrons. The second kappa shape index (κ2) is 5.83. The highest BCUT2D eigenvalue weighted by atomic mass is 79.9. The molecule has 0 aromatic heterocycles. The molecule has 0 saturated carbocycles. The van der Waals surface area contributed by atoms with Crippen LogP contribution in [0, 0.1) is 12.7 Å². The number of aryl methyl sites for hydroxylation is 1. The molecule has 0 fully saturated rings. The number of rotatable bonds is 3. The highest BCUT2D eigenvalue weighted by Crippen LogP contribution is 2.27. The standard InChI is InChI=1S/C13H10Br2FNO2S/c1-8-2-4-10(7-12(8)16)17-20(18,19)13-6-9(14)3-5-11(13)15/h2-7,17H,1H3. The number of benzene rings is 2. The van der Waals surface area contributed by atoms with E-state index in [4.69, 9.17) is 0 Å². The zero-order chi connectivity index (χ0) is 14.9. The van der Waals surface area contributed by atoms with Crippen molar-refractivity contribution >= 4 is 47.6 Å². The zero-order valence-electron chi connectivity index (χ0n) is 10.3. The smallest absolute Gasteiger partial charge is 0.263 e. The van der Waals surface area contributed by atoms with E-state index in [-0.39, 0.29) is 10.6 Å². The molecule has 0 aliphatic rings. The van der Waals surface area contributed by atoms with E-state index in [2.05, 4.69) is 36.6 Å². The van der Waals surface area contributed by atoms with Gasteiger partial charge in [0.2, 0.25) is 0 Å². The number of anilines is 1. The second-order valence-electron chi connectivity index (χ2n) is 4.14. The summed E-state index contributed by atoms with van der Waals surface area (Å²) in [7, 11) is -3.79. The van der Waals surface area contributed by atoms with Gasteiger partial charge in [-0.15, -0.1) is 0 Å². The minimum absolute atomic E-state index is 0.0767. The quantitative estimate of drug-likeness (QED) is 0.793. The zero-order valence-corrected chi connectivity index (χ0v) is 14.3. The molecule has 106 valence electrons. The SMILES string of the molecule is Cc1ccc(NS(=O)(=O)c2cc(Br)ccc2Br)cc1F. The molecule has 0 bridgehead atoms. The lowest BCUT2D eigenvalue weighted by Gasteiger charge is -2.10. The summed E-state index contributed by atoms with van der Waals surface area (Å²) in [5.41, 5.74) is 0.636. The molecule has 0 spiro atoms. The van der Waals surface area contributed by atoms with Crippen molar-refractivity contribution < 1.29 is 12.8 Å². The number of nitrogens with one attached hydrogen (secondary N) is 1. The fraction of sp³-hybridized carbons (Fsp3) is 0.0769. The van der Waals surface area contributed by atoms with Gasteiger partial charge in [-0.25, -0.2) is 12.8 Å². The van der Waals surface area contributed by atoms with Gasteiger partial charge in [-0.1, -0.05) is 22.0 Å². The molecule has 2 aromatic rings. The van der Waals surface area contributed by atoms with Crippen LogP contribution in [-0.4, -0.2) is 8.42 Å². The van der Waals surface area contributed by atoms with Crippen molar-refractivity contribution in [3.63, 3.8) is 0 Å². The third-order valence-corrected chi connectivity index (χ3v) is 5.48. The maximum absolute atomic E-state index is 13.4. The molecule has 2 rings (SSSR count). The Morgan fingerprint density at radius 2 is 1.80 bits per heavy atom. The highest BCUT2D eigenvalue weighted by molar-refractivity contribution is 9.11. The van der Waals surface area contributed by atoms with Gasteiger partial charge in [0.15, 0.2) is 0 Å². The largest absolute Gasteiger partial charge is 0.279 e. The number of halogens is 3. The first-order valence-corrected chi connectivity index (χ1v) is 8.60. The Kier molecular flexibility index (Phi) is 4.51. The lowest BCUT2D eigenvalue weighted by molar-refractivity contribution is 0.600. The Labute approximate surface area is 133 Å². The van der Waals surface area contributed by atoms with Crippen molar-refractivity contribution in [3.05, 3.63) is 56.7 Å². The van der Waals surface area contributed by atoms with Crippen LogP contribution in [0.3, 0.4) is 0 Å². The van der Waals surface area contributed by atoms with Crippen molar-refractivity contribution in [2.45, 2.75) is 11.8 Å². The van der Waals surface area contributed by atoms with E-state index < -0.39 is 15.8 Å². The average molecular weight is 423 g/mol. The fourth-order valence-electron chi connectivity index (χ4n) is 1.55. The van der Waals surface area contributed by atoms with Crippen LogP contribution in [0.4, 0.5) is 10.1 Å². The van der Waals surface area contributed by atoms with Crippen LogP contribution >= 0.6 is 31.9 Å². The summed E-state index contributed by atoms with van der Waals surface area (Å²) in [4.78, 5) is 0.0767. The Balaban J connectivity index is 2.40. The van der Waals surface area contributed by atoms with E-state index >= 15 is 0 Å². The molecule has 2 aromatic carbocycles. The molecule has 0 unspecified atom stereocenters. The van der Waals surface area contributed by atoms with Crippen molar-refractivity contribution in [3.8, 4) is 0 Å². The number of sulfonamides is 1.